The van der Waals surface area contributed by atoms with Crippen LogP contribution in [-0.2, 0) is 11.3 Å². The third kappa shape index (κ3) is 4.48. The number of carbonyl (C=O) groups excluding carboxylic acids is 1. The van der Waals surface area contributed by atoms with Crippen molar-refractivity contribution in [3.05, 3.63) is 119 Å². The van der Waals surface area contributed by atoms with Crippen molar-refractivity contribution in [3.8, 4) is 11.1 Å². The predicted molar refractivity (Wildman–Crippen MR) is 134 cm³/mol. The number of carbonyl (C=O) groups is 2. The van der Waals surface area contributed by atoms with Gasteiger partial charge in [-0.2, -0.15) is 0 Å². The Morgan fingerprint density at radius 2 is 1.51 bits per heavy atom. The van der Waals surface area contributed by atoms with Gasteiger partial charge in [0.05, 0.1) is 12.2 Å². The molecule has 0 saturated carbocycles. The lowest BCUT2D eigenvalue weighted by molar-refractivity contribution is 0.0697. The standard InChI is InChI=1S/C28H21ClN2O4/c29-26-14-25(23(15-30-26)27(32)33)31(16-18-8-2-1-3-9-18)28(34)35-17-24-21-12-6-4-10-19(21)20-11-5-7-13-22(20)24/h1-15,24H,16-17H2,(H,32,33). The molecule has 1 amide bonds. The molecule has 0 atom stereocenters. The number of hydrogen-bond donors (Lipinski definition) is 1. The van der Waals surface area contributed by atoms with Crippen LogP contribution in [0.5, 0.6) is 0 Å². The summed E-state index contributed by atoms with van der Waals surface area (Å²) in [4.78, 5) is 30.5. The monoisotopic (exact) mass is 484 g/mol. The predicted octanol–water partition coefficient (Wildman–Crippen LogP) is 6.39. The van der Waals surface area contributed by atoms with Gasteiger partial charge in [0.25, 0.3) is 0 Å². The van der Waals surface area contributed by atoms with Crippen LogP contribution in [0.3, 0.4) is 0 Å². The lowest BCUT2D eigenvalue weighted by Gasteiger charge is -2.25. The number of pyridine rings is 1. The number of benzene rings is 3. The van der Waals surface area contributed by atoms with Gasteiger partial charge in [0.1, 0.15) is 17.3 Å². The molecule has 1 aliphatic carbocycles. The maximum Gasteiger partial charge on any atom is 0.414 e. The van der Waals surface area contributed by atoms with Gasteiger partial charge >= 0.3 is 12.1 Å². The lowest BCUT2D eigenvalue weighted by Crippen LogP contribution is -2.33. The summed E-state index contributed by atoms with van der Waals surface area (Å²) in [5.74, 6) is -1.33. The number of fused-ring (bicyclic) bond motifs is 3. The van der Waals surface area contributed by atoms with Gasteiger partial charge in [0.15, 0.2) is 0 Å². The zero-order valence-corrected chi connectivity index (χ0v) is 19.4. The number of anilines is 1. The minimum absolute atomic E-state index is 0.0782. The van der Waals surface area contributed by atoms with E-state index in [0.29, 0.717) is 0 Å². The van der Waals surface area contributed by atoms with Crippen LogP contribution in [0.2, 0.25) is 5.15 Å². The van der Waals surface area contributed by atoms with Crippen molar-refractivity contribution in [2.24, 2.45) is 0 Å². The maximum absolute atomic E-state index is 13.5. The Morgan fingerprint density at radius 3 is 2.14 bits per heavy atom. The number of carboxylic acid groups (broad SMARTS) is 1. The first kappa shape index (κ1) is 22.6. The Labute approximate surface area is 207 Å². The van der Waals surface area contributed by atoms with Gasteiger partial charge in [-0.05, 0) is 27.8 Å². The fourth-order valence-electron chi connectivity index (χ4n) is 4.49. The minimum atomic E-state index is -1.21. The molecule has 0 unspecified atom stereocenters. The number of halogens is 1. The van der Waals surface area contributed by atoms with Gasteiger partial charge in [-0.15, -0.1) is 0 Å². The first-order valence-electron chi connectivity index (χ1n) is 11.1. The number of rotatable bonds is 6. The van der Waals surface area contributed by atoms with Crippen LogP contribution in [0.4, 0.5) is 10.5 Å². The van der Waals surface area contributed by atoms with E-state index >= 15 is 0 Å². The molecule has 0 spiro atoms. The van der Waals surface area contributed by atoms with Crippen molar-refractivity contribution in [3.63, 3.8) is 0 Å². The molecule has 1 aliphatic rings. The van der Waals surface area contributed by atoms with Gasteiger partial charge in [-0.1, -0.05) is 90.5 Å². The van der Waals surface area contributed by atoms with E-state index in [9.17, 15) is 14.7 Å². The highest BCUT2D eigenvalue weighted by Crippen LogP contribution is 2.44. The van der Waals surface area contributed by atoms with E-state index in [1.165, 1.54) is 11.0 Å². The third-order valence-electron chi connectivity index (χ3n) is 6.11. The van der Waals surface area contributed by atoms with Gasteiger partial charge in [-0.25, -0.2) is 14.6 Å². The fourth-order valence-corrected chi connectivity index (χ4v) is 4.65. The molecule has 7 heteroatoms. The van der Waals surface area contributed by atoms with Gasteiger partial charge < -0.3 is 9.84 Å². The van der Waals surface area contributed by atoms with E-state index in [1.807, 2.05) is 66.7 Å². The van der Waals surface area contributed by atoms with E-state index in [1.54, 1.807) is 0 Å². The first-order valence-corrected chi connectivity index (χ1v) is 11.5. The van der Waals surface area contributed by atoms with Crippen LogP contribution < -0.4 is 4.90 Å². The van der Waals surface area contributed by atoms with Crippen LogP contribution in [0.15, 0.2) is 91.1 Å². The molecule has 6 nitrogen and oxygen atoms in total. The molecule has 1 heterocycles. The van der Waals surface area contributed by atoms with Gasteiger partial charge in [0.2, 0.25) is 0 Å². The number of aromatic nitrogens is 1. The summed E-state index contributed by atoms with van der Waals surface area (Å²) in [6, 6.07) is 26.8. The average molecular weight is 485 g/mol. The molecular formula is C28H21ClN2O4. The Kier molecular flexibility index (Phi) is 6.21. The minimum Gasteiger partial charge on any atom is -0.478 e. The van der Waals surface area contributed by atoms with Crippen LogP contribution in [0.25, 0.3) is 11.1 Å². The molecule has 1 aromatic heterocycles. The highest BCUT2D eigenvalue weighted by Gasteiger charge is 2.31. The summed E-state index contributed by atoms with van der Waals surface area (Å²) in [7, 11) is 0. The quantitative estimate of drug-likeness (QED) is 0.321. The molecule has 5 rings (SSSR count). The average Bonchev–Trinajstić information content (AvgIpc) is 3.20. The lowest BCUT2D eigenvalue weighted by atomic mass is 9.98. The van der Waals surface area contributed by atoms with Crippen LogP contribution in [0, 0.1) is 0 Å². The Hall–Kier alpha value is -4.16. The SMILES string of the molecule is O=C(O)c1cnc(Cl)cc1N(Cc1ccccc1)C(=O)OCC1c2ccccc2-c2ccccc21. The number of carboxylic acids is 1. The van der Waals surface area contributed by atoms with E-state index in [4.69, 9.17) is 16.3 Å². The molecule has 0 bridgehead atoms. The molecule has 0 aliphatic heterocycles. The zero-order chi connectivity index (χ0) is 24.4. The molecule has 0 fully saturated rings. The normalized spacial score (nSPS) is 12.0. The van der Waals surface area contributed by atoms with Crippen molar-refractivity contribution < 1.29 is 19.4 Å². The molecular weight excluding hydrogens is 464 g/mol. The molecule has 1 N–H and O–H groups in total. The van der Waals surface area contributed by atoms with E-state index in [0.717, 1.165) is 34.0 Å². The number of amides is 1. The van der Waals surface area contributed by atoms with Crippen molar-refractivity contribution in [2.75, 3.05) is 11.5 Å². The summed E-state index contributed by atoms with van der Waals surface area (Å²) < 4.78 is 5.83. The van der Waals surface area contributed by atoms with Crippen molar-refractivity contribution in [2.45, 2.75) is 12.5 Å². The van der Waals surface area contributed by atoms with Gasteiger partial charge in [0, 0.05) is 18.2 Å². The number of nitrogens with zero attached hydrogens (tertiary/aromatic N) is 2. The highest BCUT2D eigenvalue weighted by molar-refractivity contribution is 6.29. The molecule has 35 heavy (non-hydrogen) atoms. The van der Waals surface area contributed by atoms with Crippen LogP contribution >= 0.6 is 11.6 Å². The summed E-state index contributed by atoms with van der Waals surface area (Å²) in [6.07, 6.45) is 0.481. The van der Waals surface area contributed by atoms with Crippen LogP contribution in [0.1, 0.15) is 33.0 Å². The number of ether oxygens (including phenoxy) is 1. The molecule has 3 aromatic carbocycles. The zero-order valence-electron chi connectivity index (χ0n) is 18.6. The second kappa shape index (κ2) is 9.60. The molecule has 174 valence electrons. The molecule has 4 aromatic rings. The second-order valence-corrected chi connectivity index (χ2v) is 8.59. The molecule has 0 radical (unpaired) electrons. The Balaban J connectivity index is 1.46. The van der Waals surface area contributed by atoms with E-state index in [2.05, 4.69) is 17.1 Å². The van der Waals surface area contributed by atoms with E-state index < -0.39 is 12.1 Å². The molecule has 0 saturated heterocycles. The number of hydrogen-bond acceptors (Lipinski definition) is 4. The fraction of sp³-hybridized carbons (Fsp3) is 0.107. The summed E-state index contributed by atoms with van der Waals surface area (Å²) in [6.45, 7) is 0.220. The first-order chi connectivity index (χ1) is 17.0. The van der Waals surface area contributed by atoms with Crippen LogP contribution in [-0.4, -0.2) is 28.8 Å². The van der Waals surface area contributed by atoms with Gasteiger partial charge in [-0.3, -0.25) is 4.90 Å². The largest absolute Gasteiger partial charge is 0.478 e. The Bertz CT molecular complexity index is 1360. The second-order valence-electron chi connectivity index (χ2n) is 8.21. The highest BCUT2D eigenvalue weighted by atomic mass is 35.5. The Morgan fingerprint density at radius 1 is 0.914 bits per heavy atom. The van der Waals surface area contributed by atoms with Crippen molar-refractivity contribution in [1.82, 2.24) is 4.98 Å². The number of aromatic carboxylic acids is 1. The summed E-state index contributed by atoms with van der Waals surface area (Å²) >= 11 is 6.08. The van der Waals surface area contributed by atoms with Crippen molar-refractivity contribution in [1.29, 1.82) is 0 Å². The van der Waals surface area contributed by atoms with E-state index in [-0.39, 0.29) is 35.5 Å². The summed E-state index contributed by atoms with van der Waals surface area (Å²) in [5.41, 5.74) is 5.23. The topological polar surface area (TPSA) is 79.7 Å². The summed E-state index contributed by atoms with van der Waals surface area (Å²) in [5, 5.41) is 9.79. The third-order valence-corrected chi connectivity index (χ3v) is 6.32. The smallest absolute Gasteiger partial charge is 0.414 e. The van der Waals surface area contributed by atoms with Crippen molar-refractivity contribution >= 4 is 29.4 Å². The maximum atomic E-state index is 13.5.